The van der Waals surface area contributed by atoms with Crippen molar-refractivity contribution in [3.05, 3.63) is 29.7 Å². The fourth-order valence-corrected chi connectivity index (χ4v) is 1.15. The Balaban J connectivity index is 2.85. The van der Waals surface area contributed by atoms with Crippen molar-refractivity contribution < 1.29 is 4.79 Å². The summed E-state index contributed by atoms with van der Waals surface area (Å²) in [5.41, 5.74) is 1.42. The molecule has 0 unspecified atom stereocenters. The lowest BCUT2D eigenvalue weighted by Crippen LogP contribution is -2.03. The molecule has 0 aliphatic carbocycles. The van der Waals surface area contributed by atoms with Crippen molar-refractivity contribution >= 4 is 5.78 Å². The molecule has 0 aliphatic heterocycles. The van der Waals surface area contributed by atoms with Crippen LogP contribution in [0.2, 0.25) is 0 Å². The largest absolute Gasteiger partial charge is 0.383 e. The molecule has 0 spiro atoms. The van der Waals surface area contributed by atoms with E-state index in [1.807, 2.05) is 25.9 Å². The highest BCUT2D eigenvalue weighted by atomic mass is 16.1. The zero-order valence-electron chi connectivity index (χ0n) is 8.98. The van der Waals surface area contributed by atoms with Crippen molar-refractivity contribution in [3.8, 4) is 0 Å². The Morgan fingerprint density at radius 1 is 1.57 bits per heavy atom. The quantitative estimate of drug-likeness (QED) is 0.530. The molecule has 0 atom stereocenters. The molecular weight excluding hydrogens is 178 g/mol. The molecule has 76 valence electrons. The summed E-state index contributed by atoms with van der Waals surface area (Å²) in [6, 6.07) is 0. The van der Waals surface area contributed by atoms with E-state index in [4.69, 9.17) is 0 Å². The number of hydrogen-bond acceptors (Lipinski definition) is 3. The molecule has 4 heteroatoms. The predicted octanol–water partition coefficient (Wildman–Crippen LogP) is 0.987. The number of ketones is 1. The molecule has 1 aromatic heterocycles. The maximum Gasteiger partial charge on any atom is 0.190 e. The number of aryl methyl sites for hydroxylation is 2. The summed E-state index contributed by atoms with van der Waals surface area (Å²) in [4.78, 5) is 13.4. The van der Waals surface area contributed by atoms with Gasteiger partial charge in [-0.3, -0.25) is 9.48 Å². The number of aromatic nitrogens is 2. The molecule has 0 saturated heterocycles. The average molecular weight is 193 g/mol. The van der Waals surface area contributed by atoms with Crippen molar-refractivity contribution in [2.24, 2.45) is 7.05 Å². The molecule has 0 radical (unpaired) electrons. The van der Waals surface area contributed by atoms with Gasteiger partial charge in [-0.05, 0) is 6.92 Å². The lowest BCUT2D eigenvalue weighted by molar-refractivity contribution is 0.104. The fourth-order valence-electron chi connectivity index (χ4n) is 1.15. The Labute approximate surface area is 83.8 Å². The third-order valence-electron chi connectivity index (χ3n) is 1.80. The van der Waals surface area contributed by atoms with Gasteiger partial charge in [-0.2, -0.15) is 5.10 Å². The van der Waals surface area contributed by atoms with Gasteiger partial charge in [-0.15, -0.1) is 0 Å². The van der Waals surface area contributed by atoms with Gasteiger partial charge < -0.3 is 4.90 Å². The van der Waals surface area contributed by atoms with Crippen LogP contribution in [-0.2, 0) is 7.05 Å². The van der Waals surface area contributed by atoms with Gasteiger partial charge >= 0.3 is 0 Å². The molecule has 0 amide bonds. The number of rotatable bonds is 3. The van der Waals surface area contributed by atoms with E-state index in [-0.39, 0.29) is 5.78 Å². The lowest BCUT2D eigenvalue weighted by atomic mass is 10.2. The van der Waals surface area contributed by atoms with Crippen LogP contribution in [0, 0.1) is 6.92 Å². The Morgan fingerprint density at radius 3 is 2.64 bits per heavy atom. The van der Waals surface area contributed by atoms with Gasteiger partial charge in [0.05, 0.1) is 11.3 Å². The summed E-state index contributed by atoms with van der Waals surface area (Å²) in [5.74, 6) is -0.00991. The second kappa shape index (κ2) is 4.09. The van der Waals surface area contributed by atoms with Crippen LogP contribution in [0.4, 0.5) is 0 Å². The number of allylic oxidation sites excluding steroid dienone is 1. The van der Waals surface area contributed by atoms with Gasteiger partial charge in [0.15, 0.2) is 5.78 Å². The second-order valence-corrected chi connectivity index (χ2v) is 3.45. The maximum atomic E-state index is 11.6. The summed E-state index contributed by atoms with van der Waals surface area (Å²) < 4.78 is 1.64. The van der Waals surface area contributed by atoms with Crippen LogP contribution in [0.1, 0.15) is 16.1 Å². The number of carbonyl (C=O) groups is 1. The van der Waals surface area contributed by atoms with E-state index in [0.29, 0.717) is 5.56 Å². The molecule has 0 aromatic carbocycles. The minimum Gasteiger partial charge on any atom is -0.383 e. The van der Waals surface area contributed by atoms with E-state index in [1.54, 1.807) is 30.2 Å². The second-order valence-electron chi connectivity index (χ2n) is 3.45. The van der Waals surface area contributed by atoms with E-state index < -0.39 is 0 Å². The summed E-state index contributed by atoms with van der Waals surface area (Å²) in [5, 5.41) is 4.11. The summed E-state index contributed by atoms with van der Waals surface area (Å²) in [7, 11) is 5.55. The van der Waals surface area contributed by atoms with Crippen LogP contribution in [-0.4, -0.2) is 34.6 Å². The monoisotopic (exact) mass is 193 g/mol. The average Bonchev–Trinajstić information content (AvgIpc) is 2.41. The summed E-state index contributed by atoms with van der Waals surface area (Å²) in [6.45, 7) is 1.83. The smallest absolute Gasteiger partial charge is 0.190 e. The zero-order valence-corrected chi connectivity index (χ0v) is 8.98. The zero-order chi connectivity index (χ0) is 10.7. The first-order valence-corrected chi connectivity index (χ1v) is 4.40. The first kappa shape index (κ1) is 10.5. The predicted molar refractivity (Wildman–Crippen MR) is 55.1 cm³/mol. The number of hydrogen-bond donors (Lipinski definition) is 0. The molecule has 0 N–H and O–H groups in total. The van der Waals surface area contributed by atoms with Crippen LogP contribution in [0.25, 0.3) is 0 Å². The molecular formula is C10H15N3O. The first-order chi connectivity index (χ1) is 6.50. The van der Waals surface area contributed by atoms with Crippen molar-refractivity contribution in [1.82, 2.24) is 14.7 Å². The highest BCUT2D eigenvalue weighted by Crippen LogP contribution is 2.06. The molecule has 1 heterocycles. The van der Waals surface area contributed by atoms with Crippen LogP contribution in [0.5, 0.6) is 0 Å². The molecule has 1 rings (SSSR count). The molecule has 1 aromatic rings. The van der Waals surface area contributed by atoms with Crippen molar-refractivity contribution in [1.29, 1.82) is 0 Å². The van der Waals surface area contributed by atoms with E-state index in [9.17, 15) is 4.79 Å². The van der Waals surface area contributed by atoms with E-state index in [0.717, 1.165) is 5.69 Å². The molecule has 14 heavy (non-hydrogen) atoms. The van der Waals surface area contributed by atoms with Gasteiger partial charge in [-0.25, -0.2) is 0 Å². The minimum atomic E-state index is -0.00991. The van der Waals surface area contributed by atoms with Gasteiger partial charge in [0, 0.05) is 39.6 Å². The van der Waals surface area contributed by atoms with Gasteiger partial charge in [0.2, 0.25) is 0 Å². The first-order valence-electron chi connectivity index (χ1n) is 4.40. The topological polar surface area (TPSA) is 38.1 Å². The third-order valence-corrected chi connectivity index (χ3v) is 1.80. The number of carbonyl (C=O) groups excluding carboxylic acids is 1. The normalized spacial score (nSPS) is 10.9. The van der Waals surface area contributed by atoms with Crippen LogP contribution in [0.15, 0.2) is 18.5 Å². The van der Waals surface area contributed by atoms with Gasteiger partial charge in [-0.1, -0.05) is 0 Å². The fraction of sp³-hybridized carbons (Fsp3) is 0.400. The Morgan fingerprint density at radius 2 is 2.21 bits per heavy atom. The van der Waals surface area contributed by atoms with Gasteiger partial charge in [0.25, 0.3) is 0 Å². The maximum absolute atomic E-state index is 11.6. The van der Waals surface area contributed by atoms with Crippen LogP contribution < -0.4 is 0 Å². The lowest BCUT2D eigenvalue weighted by Gasteiger charge is -2.01. The Bertz CT molecular complexity index is 363. The Hall–Kier alpha value is -1.58. The highest BCUT2D eigenvalue weighted by Gasteiger charge is 2.08. The van der Waals surface area contributed by atoms with E-state index >= 15 is 0 Å². The van der Waals surface area contributed by atoms with Crippen LogP contribution in [0.3, 0.4) is 0 Å². The highest BCUT2D eigenvalue weighted by molar-refractivity contribution is 6.05. The molecule has 0 saturated carbocycles. The minimum absolute atomic E-state index is 0.00991. The Kier molecular flexibility index (Phi) is 3.06. The number of nitrogens with zero attached hydrogens (tertiary/aromatic N) is 3. The van der Waals surface area contributed by atoms with Crippen molar-refractivity contribution in [3.63, 3.8) is 0 Å². The summed E-state index contributed by atoms with van der Waals surface area (Å²) in [6.07, 6.45) is 5.01. The molecule has 4 nitrogen and oxygen atoms in total. The van der Waals surface area contributed by atoms with Crippen molar-refractivity contribution in [2.75, 3.05) is 14.1 Å². The standard InChI is InChI=1S/C10H15N3O/c1-8-9(7-13(4)11-8)10(14)5-6-12(2)3/h5-7H,1-4H3/b6-5+. The van der Waals surface area contributed by atoms with Gasteiger partial charge in [0.1, 0.15) is 0 Å². The summed E-state index contributed by atoms with van der Waals surface area (Å²) >= 11 is 0. The van der Waals surface area contributed by atoms with E-state index in [2.05, 4.69) is 5.10 Å². The molecule has 0 aliphatic rings. The molecule has 0 bridgehead atoms. The van der Waals surface area contributed by atoms with E-state index in [1.165, 1.54) is 0 Å². The third kappa shape index (κ3) is 2.45. The van der Waals surface area contributed by atoms with Crippen LogP contribution >= 0.6 is 0 Å². The van der Waals surface area contributed by atoms with Crippen molar-refractivity contribution in [2.45, 2.75) is 6.92 Å². The SMILES string of the molecule is Cc1nn(C)cc1C(=O)/C=C/N(C)C. The molecule has 0 fully saturated rings.